The summed E-state index contributed by atoms with van der Waals surface area (Å²) in [7, 11) is 0. The number of nitrogens with one attached hydrogen (secondary N) is 1. The number of para-hydroxylation sites is 1. The molecule has 0 spiro atoms. The van der Waals surface area contributed by atoms with Crippen LogP contribution in [0, 0.1) is 5.82 Å². The Morgan fingerprint density at radius 1 is 1.12 bits per heavy atom. The Morgan fingerprint density at radius 2 is 2.00 bits per heavy atom. The van der Waals surface area contributed by atoms with E-state index < -0.39 is 0 Å². The van der Waals surface area contributed by atoms with Crippen molar-refractivity contribution in [3.05, 3.63) is 77.8 Å². The van der Waals surface area contributed by atoms with Crippen LogP contribution >= 0.6 is 11.3 Å². The predicted octanol–water partition coefficient (Wildman–Crippen LogP) is 4.63. The van der Waals surface area contributed by atoms with Crippen molar-refractivity contribution in [1.82, 2.24) is 10.3 Å². The Balaban J connectivity index is 1.49. The standard InChI is InChI=1S/C19H13FN2O2S/c20-13-5-3-4-12(10-13)11-21-18(23)15-8-9-16(24-15)19-22-14-6-1-2-7-17(14)25-19/h1-10H,11H2,(H,21,23). The molecule has 4 nitrogen and oxygen atoms in total. The number of fused-ring (bicyclic) bond motifs is 1. The molecule has 2 heterocycles. The maximum atomic E-state index is 13.2. The highest BCUT2D eigenvalue weighted by Gasteiger charge is 2.14. The summed E-state index contributed by atoms with van der Waals surface area (Å²) in [6.07, 6.45) is 0. The smallest absolute Gasteiger partial charge is 0.287 e. The lowest BCUT2D eigenvalue weighted by Gasteiger charge is -2.03. The van der Waals surface area contributed by atoms with E-state index in [-0.39, 0.29) is 24.0 Å². The van der Waals surface area contributed by atoms with E-state index in [1.807, 2.05) is 24.3 Å². The first-order valence-electron chi connectivity index (χ1n) is 7.67. The molecule has 4 aromatic rings. The molecule has 0 radical (unpaired) electrons. The van der Waals surface area contributed by atoms with Crippen LogP contribution in [0.3, 0.4) is 0 Å². The Kier molecular flexibility index (Phi) is 4.03. The lowest BCUT2D eigenvalue weighted by Crippen LogP contribution is -2.22. The summed E-state index contributed by atoms with van der Waals surface area (Å²) in [4.78, 5) is 16.7. The third-order valence-electron chi connectivity index (χ3n) is 3.68. The Labute approximate surface area is 146 Å². The van der Waals surface area contributed by atoms with Gasteiger partial charge < -0.3 is 9.73 Å². The summed E-state index contributed by atoms with van der Waals surface area (Å²) < 4.78 is 19.9. The SMILES string of the molecule is O=C(NCc1cccc(F)c1)c1ccc(-c2nc3ccccc3s2)o1. The van der Waals surface area contributed by atoms with Crippen molar-refractivity contribution in [2.45, 2.75) is 6.54 Å². The summed E-state index contributed by atoms with van der Waals surface area (Å²) >= 11 is 1.51. The Hall–Kier alpha value is -2.99. The van der Waals surface area contributed by atoms with Crippen LogP contribution in [-0.4, -0.2) is 10.9 Å². The zero-order valence-corrected chi connectivity index (χ0v) is 13.8. The molecule has 0 fully saturated rings. The van der Waals surface area contributed by atoms with E-state index in [1.54, 1.807) is 24.3 Å². The van der Waals surface area contributed by atoms with E-state index in [1.165, 1.54) is 23.5 Å². The number of furan rings is 1. The predicted molar refractivity (Wildman–Crippen MR) is 94.9 cm³/mol. The normalized spacial score (nSPS) is 10.9. The minimum atomic E-state index is -0.350. The van der Waals surface area contributed by atoms with E-state index in [0.717, 1.165) is 15.2 Å². The molecule has 2 aromatic carbocycles. The monoisotopic (exact) mass is 352 g/mol. The molecule has 1 N–H and O–H groups in total. The molecule has 0 saturated heterocycles. The number of hydrogen-bond acceptors (Lipinski definition) is 4. The summed E-state index contributed by atoms with van der Waals surface area (Å²) in [6, 6.07) is 17.3. The van der Waals surface area contributed by atoms with Gasteiger partial charge in [0.25, 0.3) is 5.91 Å². The van der Waals surface area contributed by atoms with Gasteiger partial charge in [0.1, 0.15) is 5.82 Å². The van der Waals surface area contributed by atoms with Crippen LogP contribution in [0.4, 0.5) is 4.39 Å². The second-order valence-corrected chi connectivity index (χ2v) is 6.49. The molecule has 124 valence electrons. The number of nitrogens with zero attached hydrogens (tertiary/aromatic N) is 1. The van der Waals surface area contributed by atoms with Crippen molar-refractivity contribution in [1.29, 1.82) is 0 Å². The van der Waals surface area contributed by atoms with Gasteiger partial charge in [-0.1, -0.05) is 24.3 Å². The van der Waals surface area contributed by atoms with Crippen molar-refractivity contribution < 1.29 is 13.6 Å². The van der Waals surface area contributed by atoms with Gasteiger partial charge in [-0.25, -0.2) is 9.37 Å². The van der Waals surface area contributed by atoms with Crippen LogP contribution in [0.1, 0.15) is 16.1 Å². The molecule has 0 atom stereocenters. The van der Waals surface area contributed by atoms with Crippen LogP contribution in [0.5, 0.6) is 0 Å². The number of halogens is 1. The fraction of sp³-hybridized carbons (Fsp3) is 0.0526. The van der Waals surface area contributed by atoms with Crippen LogP contribution in [0.2, 0.25) is 0 Å². The average molecular weight is 352 g/mol. The van der Waals surface area contributed by atoms with E-state index in [2.05, 4.69) is 10.3 Å². The zero-order chi connectivity index (χ0) is 17.2. The largest absolute Gasteiger partial charge is 0.448 e. The highest BCUT2D eigenvalue weighted by atomic mass is 32.1. The molecular weight excluding hydrogens is 339 g/mol. The Bertz CT molecular complexity index is 1020. The maximum absolute atomic E-state index is 13.2. The number of rotatable bonds is 4. The van der Waals surface area contributed by atoms with Gasteiger partial charge in [-0.2, -0.15) is 0 Å². The number of aromatic nitrogens is 1. The zero-order valence-electron chi connectivity index (χ0n) is 13.0. The number of carbonyl (C=O) groups excluding carboxylic acids is 1. The van der Waals surface area contributed by atoms with Gasteiger partial charge >= 0.3 is 0 Å². The molecule has 6 heteroatoms. The van der Waals surface area contributed by atoms with Gasteiger partial charge in [0.2, 0.25) is 0 Å². The maximum Gasteiger partial charge on any atom is 0.287 e. The summed E-state index contributed by atoms with van der Waals surface area (Å²) in [6.45, 7) is 0.230. The molecule has 0 bridgehead atoms. The summed E-state index contributed by atoms with van der Waals surface area (Å²) in [5.41, 5.74) is 1.59. The van der Waals surface area contributed by atoms with Crippen LogP contribution in [0.15, 0.2) is 65.1 Å². The first-order valence-corrected chi connectivity index (χ1v) is 8.49. The van der Waals surface area contributed by atoms with Gasteiger partial charge in [0.15, 0.2) is 16.5 Å². The van der Waals surface area contributed by atoms with Crippen molar-refractivity contribution >= 4 is 27.5 Å². The summed E-state index contributed by atoms with van der Waals surface area (Å²) in [5, 5.41) is 3.44. The van der Waals surface area contributed by atoms with Gasteiger partial charge in [-0.05, 0) is 42.0 Å². The molecule has 1 amide bonds. The quantitative estimate of drug-likeness (QED) is 0.583. The second kappa shape index (κ2) is 6.49. The highest BCUT2D eigenvalue weighted by molar-refractivity contribution is 7.21. The van der Waals surface area contributed by atoms with Gasteiger partial charge in [0, 0.05) is 6.54 Å². The highest BCUT2D eigenvalue weighted by Crippen LogP contribution is 2.31. The molecule has 0 aliphatic rings. The lowest BCUT2D eigenvalue weighted by molar-refractivity contribution is 0.0924. The second-order valence-electron chi connectivity index (χ2n) is 5.46. The third kappa shape index (κ3) is 3.29. The van der Waals surface area contributed by atoms with E-state index >= 15 is 0 Å². The molecule has 25 heavy (non-hydrogen) atoms. The first-order chi connectivity index (χ1) is 12.2. The molecule has 4 rings (SSSR count). The molecule has 0 aliphatic carbocycles. The van der Waals surface area contributed by atoms with Crippen LogP contribution in [-0.2, 0) is 6.54 Å². The van der Waals surface area contributed by atoms with Crippen molar-refractivity contribution in [3.8, 4) is 10.8 Å². The first kappa shape index (κ1) is 15.5. The van der Waals surface area contributed by atoms with Crippen molar-refractivity contribution in [3.63, 3.8) is 0 Å². The molecule has 0 aliphatic heterocycles. The van der Waals surface area contributed by atoms with Crippen molar-refractivity contribution in [2.75, 3.05) is 0 Å². The minimum Gasteiger partial charge on any atom is -0.448 e. The van der Waals surface area contributed by atoms with Crippen LogP contribution in [0.25, 0.3) is 21.0 Å². The van der Waals surface area contributed by atoms with Crippen LogP contribution < -0.4 is 5.32 Å². The lowest BCUT2D eigenvalue weighted by atomic mass is 10.2. The Morgan fingerprint density at radius 3 is 2.84 bits per heavy atom. The number of hydrogen-bond donors (Lipinski definition) is 1. The van der Waals surface area contributed by atoms with Gasteiger partial charge in [-0.15, -0.1) is 11.3 Å². The molecule has 2 aromatic heterocycles. The topological polar surface area (TPSA) is 55.1 Å². The molecule has 0 saturated carbocycles. The fourth-order valence-corrected chi connectivity index (χ4v) is 3.40. The number of benzene rings is 2. The van der Waals surface area contributed by atoms with Gasteiger partial charge in [-0.3, -0.25) is 4.79 Å². The number of amides is 1. The van der Waals surface area contributed by atoms with E-state index in [4.69, 9.17) is 4.42 Å². The average Bonchev–Trinajstić information content (AvgIpc) is 3.26. The van der Waals surface area contributed by atoms with E-state index in [9.17, 15) is 9.18 Å². The minimum absolute atomic E-state index is 0.200. The third-order valence-corrected chi connectivity index (χ3v) is 4.73. The number of thiazole rings is 1. The number of carbonyl (C=O) groups is 1. The van der Waals surface area contributed by atoms with E-state index in [0.29, 0.717) is 11.3 Å². The summed E-state index contributed by atoms with van der Waals surface area (Å²) in [5.74, 6) is 0.0715. The van der Waals surface area contributed by atoms with Crippen molar-refractivity contribution in [2.24, 2.45) is 0 Å². The molecular formula is C19H13FN2O2S. The van der Waals surface area contributed by atoms with Gasteiger partial charge in [0.05, 0.1) is 10.2 Å². The fourth-order valence-electron chi connectivity index (χ4n) is 2.47. The molecule has 0 unspecified atom stereocenters.